The molecule has 3 rings (SSSR count). The van der Waals surface area contributed by atoms with Crippen molar-refractivity contribution in [1.82, 2.24) is 4.90 Å². The number of aliphatic hydroxyl groups excluding tert-OH is 1. The van der Waals surface area contributed by atoms with Crippen LogP contribution in [0.4, 0.5) is 5.69 Å². The van der Waals surface area contributed by atoms with E-state index in [4.69, 9.17) is 14.6 Å². The first-order valence-electron chi connectivity index (χ1n) is 9.29. The zero-order valence-corrected chi connectivity index (χ0v) is 16.5. The van der Waals surface area contributed by atoms with Gasteiger partial charge in [-0.05, 0) is 36.8 Å². The third-order valence-corrected chi connectivity index (χ3v) is 4.60. The number of β-amino-alcohol motifs (C(OH)–C–C–N with tert-alkyl or cyclic N) is 1. The predicted octanol–water partition coefficient (Wildman–Crippen LogP) is 2.25. The summed E-state index contributed by atoms with van der Waals surface area (Å²) in [5, 5.41) is 12.1. The molecule has 2 aromatic carbocycles. The van der Waals surface area contributed by atoms with Crippen LogP contribution in [0.1, 0.15) is 11.1 Å². The Morgan fingerprint density at radius 1 is 1.14 bits per heavy atom. The first-order valence-corrected chi connectivity index (χ1v) is 9.29. The van der Waals surface area contributed by atoms with Crippen molar-refractivity contribution >= 4 is 17.6 Å². The van der Waals surface area contributed by atoms with Gasteiger partial charge in [0.1, 0.15) is 18.1 Å². The van der Waals surface area contributed by atoms with Gasteiger partial charge in [-0.1, -0.05) is 29.8 Å². The van der Waals surface area contributed by atoms with E-state index in [9.17, 15) is 9.59 Å². The summed E-state index contributed by atoms with van der Waals surface area (Å²) < 4.78 is 10.6. The number of aryl methyl sites for hydroxylation is 1. The number of methoxy groups -OCH3 is 1. The molecule has 0 saturated heterocycles. The van der Waals surface area contributed by atoms with Crippen LogP contribution in [-0.4, -0.2) is 48.7 Å². The number of nitrogens with one attached hydrogen (secondary N) is 1. The van der Waals surface area contributed by atoms with Gasteiger partial charge in [0.25, 0.3) is 5.91 Å². The van der Waals surface area contributed by atoms with Gasteiger partial charge in [-0.3, -0.25) is 4.79 Å². The number of esters is 1. The molecule has 1 heterocycles. The number of benzene rings is 2. The van der Waals surface area contributed by atoms with Crippen molar-refractivity contribution in [3.8, 4) is 5.75 Å². The standard InChI is InChI=1S/C22H24N2O5/c1-15-3-5-16(6-4-15)14-29-18-9-7-17(8-10-18)23-20-19(22(27)28-2)13-24(11-12-25)21(20)26/h3-10,23,25H,11-14H2,1-2H3. The lowest BCUT2D eigenvalue weighted by molar-refractivity contribution is -0.136. The van der Waals surface area contributed by atoms with Gasteiger partial charge in [-0.25, -0.2) is 4.79 Å². The van der Waals surface area contributed by atoms with E-state index in [2.05, 4.69) is 5.32 Å². The number of amides is 1. The van der Waals surface area contributed by atoms with E-state index in [-0.39, 0.29) is 36.9 Å². The van der Waals surface area contributed by atoms with Crippen molar-refractivity contribution in [2.45, 2.75) is 13.5 Å². The van der Waals surface area contributed by atoms with E-state index < -0.39 is 5.97 Å². The smallest absolute Gasteiger partial charge is 0.337 e. The van der Waals surface area contributed by atoms with Crippen LogP contribution in [0.3, 0.4) is 0 Å². The van der Waals surface area contributed by atoms with Gasteiger partial charge in [0.15, 0.2) is 0 Å². The largest absolute Gasteiger partial charge is 0.489 e. The SMILES string of the molecule is COC(=O)C1=C(Nc2ccc(OCc3ccc(C)cc3)cc2)C(=O)N(CCO)C1. The van der Waals surface area contributed by atoms with E-state index in [1.54, 1.807) is 24.3 Å². The minimum atomic E-state index is -0.570. The van der Waals surface area contributed by atoms with Crippen LogP contribution in [0.2, 0.25) is 0 Å². The molecule has 0 fully saturated rings. The van der Waals surface area contributed by atoms with Crippen LogP contribution >= 0.6 is 0 Å². The summed E-state index contributed by atoms with van der Waals surface area (Å²) in [5.74, 6) is -0.226. The molecule has 1 amide bonds. The van der Waals surface area contributed by atoms with Crippen molar-refractivity contribution in [2.75, 3.05) is 32.1 Å². The Labute approximate surface area is 169 Å². The molecule has 1 aliphatic rings. The molecule has 0 unspecified atom stereocenters. The molecule has 2 aromatic rings. The second-order valence-electron chi connectivity index (χ2n) is 6.72. The van der Waals surface area contributed by atoms with Crippen molar-refractivity contribution in [3.63, 3.8) is 0 Å². The molecule has 1 aliphatic heterocycles. The maximum atomic E-state index is 12.5. The molecule has 7 heteroatoms. The second-order valence-corrected chi connectivity index (χ2v) is 6.72. The Morgan fingerprint density at radius 2 is 1.83 bits per heavy atom. The molecule has 0 aliphatic carbocycles. The number of carbonyl (C=O) groups is 2. The number of rotatable bonds is 8. The van der Waals surface area contributed by atoms with Gasteiger partial charge >= 0.3 is 5.97 Å². The number of hydrogen-bond donors (Lipinski definition) is 2. The summed E-state index contributed by atoms with van der Waals surface area (Å²) in [4.78, 5) is 26.0. The Bertz CT molecular complexity index is 904. The highest BCUT2D eigenvalue weighted by Gasteiger charge is 2.34. The van der Waals surface area contributed by atoms with E-state index in [1.165, 1.54) is 17.6 Å². The molecule has 0 bridgehead atoms. The summed E-state index contributed by atoms with van der Waals surface area (Å²) in [5.41, 5.74) is 3.32. The number of aliphatic hydroxyl groups is 1. The molecule has 29 heavy (non-hydrogen) atoms. The average molecular weight is 396 g/mol. The quantitative estimate of drug-likeness (QED) is 0.666. The van der Waals surface area contributed by atoms with Crippen molar-refractivity contribution in [1.29, 1.82) is 0 Å². The van der Waals surface area contributed by atoms with Crippen LogP contribution in [0, 0.1) is 6.92 Å². The molecular formula is C22H24N2O5. The highest BCUT2D eigenvalue weighted by molar-refractivity contribution is 6.08. The lowest BCUT2D eigenvalue weighted by atomic mass is 10.2. The summed E-state index contributed by atoms with van der Waals surface area (Å²) >= 11 is 0. The molecule has 0 saturated carbocycles. The van der Waals surface area contributed by atoms with Crippen LogP contribution in [0.25, 0.3) is 0 Å². The topological polar surface area (TPSA) is 88.1 Å². The van der Waals surface area contributed by atoms with Gasteiger partial charge < -0.3 is 24.8 Å². The van der Waals surface area contributed by atoms with Crippen LogP contribution < -0.4 is 10.1 Å². The lowest BCUT2D eigenvalue weighted by Gasteiger charge is -2.15. The fraction of sp³-hybridized carbons (Fsp3) is 0.273. The first kappa shape index (κ1) is 20.4. The molecule has 0 radical (unpaired) electrons. The molecule has 152 valence electrons. The highest BCUT2D eigenvalue weighted by atomic mass is 16.5. The fourth-order valence-electron chi connectivity index (χ4n) is 2.98. The third kappa shape index (κ3) is 4.94. The molecular weight excluding hydrogens is 372 g/mol. The minimum Gasteiger partial charge on any atom is -0.489 e. The Morgan fingerprint density at radius 3 is 2.45 bits per heavy atom. The Hall–Kier alpha value is -3.32. The summed E-state index contributed by atoms with van der Waals surface area (Å²) in [6.07, 6.45) is 0. The summed E-state index contributed by atoms with van der Waals surface area (Å²) in [6.45, 7) is 2.57. The monoisotopic (exact) mass is 396 g/mol. The minimum absolute atomic E-state index is 0.103. The number of ether oxygens (including phenoxy) is 2. The normalized spacial score (nSPS) is 13.6. The fourth-order valence-corrected chi connectivity index (χ4v) is 2.98. The average Bonchev–Trinajstić information content (AvgIpc) is 3.04. The maximum absolute atomic E-state index is 12.5. The van der Waals surface area contributed by atoms with Gasteiger partial charge in [0, 0.05) is 12.2 Å². The van der Waals surface area contributed by atoms with Crippen molar-refractivity contribution < 1.29 is 24.2 Å². The summed E-state index contributed by atoms with van der Waals surface area (Å²) in [6, 6.07) is 15.3. The molecule has 0 spiro atoms. The zero-order chi connectivity index (χ0) is 20.8. The van der Waals surface area contributed by atoms with Gasteiger partial charge in [-0.15, -0.1) is 0 Å². The zero-order valence-electron chi connectivity index (χ0n) is 16.5. The lowest BCUT2D eigenvalue weighted by Crippen LogP contribution is -2.31. The molecule has 0 atom stereocenters. The Kier molecular flexibility index (Phi) is 6.51. The number of nitrogens with zero attached hydrogens (tertiary/aromatic N) is 1. The molecule has 0 aromatic heterocycles. The van der Waals surface area contributed by atoms with Crippen molar-refractivity contribution in [3.05, 3.63) is 70.9 Å². The third-order valence-electron chi connectivity index (χ3n) is 4.60. The van der Waals surface area contributed by atoms with Gasteiger partial charge in [0.05, 0.1) is 25.8 Å². The predicted molar refractivity (Wildman–Crippen MR) is 108 cm³/mol. The van der Waals surface area contributed by atoms with E-state index in [1.807, 2.05) is 31.2 Å². The van der Waals surface area contributed by atoms with E-state index in [0.29, 0.717) is 18.0 Å². The van der Waals surface area contributed by atoms with Gasteiger partial charge in [0.2, 0.25) is 0 Å². The number of hydrogen-bond acceptors (Lipinski definition) is 6. The molecule has 2 N–H and O–H groups in total. The van der Waals surface area contributed by atoms with E-state index >= 15 is 0 Å². The first-order chi connectivity index (χ1) is 14.0. The summed E-state index contributed by atoms with van der Waals surface area (Å²) in [7, 11) is 1.27. The van der Waals surface area contributed by atoms with Crippen molar-refractivity contribution in [2.24, 2.45) is 0 Å². The molecule has 7 nitrogen and oxygen atoms in total. The number of carbonyl (C=O) groups excluding carboxylic acids is 2. The van der Waals surface area contributed by atoms with Gasteiger partial charge in [-0.2, -0.15) is 0 Å². The van der Waals surface area contributed by atoms with E-state index in [0.717, 1.165) is 5.56 Å². The maximum Gasteiger partial charge on any atom is 0.337 e. The van der Waals surface area contributed by atoms with Crippen LogP contribution in [0.15, 0.2) is 59.8 Å². The Balaban J connectivity index is 1.67. The second kappa shape index (κ2) is 9.25. The van der Waals surface area contributed by atoms with Crippen LogP contribution in [-0.2, 0) is 20.9 Å². The highest BCUT2D eigenvalue weighted by Crippen LogP contribution is 2.24. The number of anilines is 1. The van der Waals surface area contributed by atoms with Crippen LogP contribution in [0.5, 0.6) is 5.75 Å².